The van der Waals surface area contributed by atoms with Gasteiger partial charge in [-0.15, -0.1) is 0 Å². The van der Waals surface area contributed by atoms with Crippen molar-refractivity contribution in [3.63, 3.8) is 0 Å². The highest BCUT2D eigenvalue weighted by molar-refractivity contribution is 7.90. The molecule has 0 saturated carbocycles. The Morgan fingerprint density at radius 3 is 2.41 bits per heavy atom. The summed E-state index contributed by atoms with van der Waals surface area (Å²) in [5.41, 5.74) is 3.33. The first-order chi connectivity index (χ1) is 14.0. The number of anilines is 1. The minimum Gasteiger partial charge on any atom is -0.324 e. The van der Waals surface area contributed by atoms with Gasteiger partial charge in [-0.2, -0.15) is 0 Å². The molecule has 0 radical (unpaired) electrons. The van der Waals surface area contributed by atoms with Crippen molar-refractivity contribution >= 4 is 27.5 Å². The molecule has 146 valence electrons. The zero-order valence-electron chi connectivity index (χ0n) is 15.5. The van der Waals surface area contributed by atoms with Crippen molar-refractivity contribution < 1.29 is 13.2 Å². The number of nitrogens with zero attached hydrogens (tertiary/aromatic N) is 1. The highest BCUT2D eigenvalue weighted by Crippen LogP contribution is 2.22. The lowest BCUT2D eigenvalue weighted by molar-refractivity contribution is -0.114. The zero-order valence-corrected chi connectivity index (χ0v) is 16.3. The molecule has 0 saturated heterocycles. The average Bonchev–Trinajstić information content (AvgIpc) is 2.99. The highest BCUT2D eigenvalue weighted by atomic mass is 32.2. The number of hydrogen-bond donors (Lipinski definition) is 2. The fourth-order valence-electron chi connectivity index (χ4n) is 3.20. The van der Waals surface area contributed by atoms with E-state index in [4.69, 9.17) is 0 Å². The summed E-state index contributed by atoms with van der Waals surface area (Å²) in [5, 5.41) is 2.88. The predicted molar refractivity (Wildman–Crippen MR) is 112 cm³/mol. The van der Waals surface area contributed by atoms with Gasteiger partial charge in [-0.25, -0.2) is 8.42 Å². The van der Waals surface area contributed by atoms with E-state index in [1.165, 1.54) is 6.07 Å². The molecule has 3 aromatic rings. The van der Waals surface area contributed by atoms with E-state index in [0.29, 0.717) is 17.7 Å². The molecule has 6 nitrogen and oxygen atoms in total. The van der Waals surface area contributed by atoms with Crippen LogP contribution in [0.2, 0.25) is 0 Å². The van der Waals surface area contributed by atoms with Gasteiger partial charge in [0.1, 0.15) is 12.4 Å². The van der Waals surface area contributed by atoms with E-state index in [2.05, 4.69) is 15.0 Å². The summed E-state index contributed by atoms with van der Waals surface area (Å²) in [7, 11) is -3.62. The minimum absolute atomic E-state index is 0.173. The van der Waals surface area contributed by atoms with Crippen LogP contribution in [0.25, 0.3) is 0 Å². The smallest absolute Gasteiger partial charge is 0.263 e. The van der Waals surface area contributed by atoms with Crippen LogP contribution in [0.5, 0.6) is 0 Å². The first kappa shape index (κ1) is 18.9. The lowest BCUT2D eigenvalue weighted by Crippen LogP contribution is -2.24. The molecule has 0 spiro atoms. The van der Waals surface area contributed by atoms with Crippen LogP contribution in [0.3, 0.4) is 0 Å². The number of benzene rings is 3. The van der Waals surface area contributed by atoms with Crippen LogP contribution < -0.4 is 10.0 Å². The molecule has 2 N–H and O–H groups in total. The molecule has 0 fully saturated rings. The molecule has 0 aromatic heterocycles. The molecule has 0 unspecified atom stereocenters. The number of carbonyl (C=O) groups is 1. The van der Waals surface area contributed by atoms with E-state index in [1.54, 1.807) is 18.2 Å². The number of aliphatic imine (C=N–C) groups is 1. The molecule has 7 heteroatoms. The summed E-state index contributed by atoms with van der Waals surface area (Å²) in [6.07, 6.45) is 0.693. The summed E-state index contributed by atoms with van der Waals surface area (Å²) >= 11 is 0. The van der Waals surface area contributed by atoms with Crippen LogP contribution in [-0.2, 0) is 21.2 Å². The maximum atomic E-state index is 12.5. The number of para-hydroxylation sites is 1. The van der Waals surface area contributed by atoms with Gasteiger partial charge in [0.05, 0.1) is 4.90 Å². The summed E-state index contributed by atoms with van der Waals surface area (Å²) in [4.78, 5) is 16.8. The van der Waals surface area contributed by atoms with E-state index in [-0.39, 0.29) is 23.2 Å². The van der Waals surface area contributed by atoms with Gasteiger partial charge in [0, 0.05) is 11.3 Å². The van der Waals surface area contributed by atoms with E-state index < -0.39 is 10.0 Å². The lowest BCUT2D eigenvalue weighted by atomic mass is 10.0. The van der Waals surface area contributed by atoms with Gasteiger partial charge in [0.2, 0.25) is 5.91 Å². The molecule has 1 heterocycles. The highest BCUT2D eigenvalue weighted by Gasteiger charge is 2.30. The monoisotopic (exact) mass is 405 g/mol. The summed E-state index contributed by atoms with van der Waals surface area (Å²) in [5.74, 6) is -0.130. The van der Waals surface area contributed by atoms with Crippen molar-refractivity contribution in [1.82, 2.24) is 4.72 Å². The SMILES string of the molecule is O=C(CN=C1NS(=O)(=O)c2ccccc21)Nc1ccccc1Cc1ccccc1. The van der Waals surface area contributed by atoms with E-state index in [9.17, 15) is 13.2 Å². The number of nitrogens with one attached hydrogen (secondary N) is 2. The number of amidine groups is 1. The molecule has 1 amide bonds. The number of fused-ring (bicyclic) bond motifs is 1. The van der Waals surface area contributed by atoms with Gasteiger partial charge in [-0.05, 0) is 35.7 Å². The third-order valence-electron chi connectivity index (χ3n) is 4.57. The Balaban J connectivity index is 1.48. The Bertz CT molecular complexity index is 1190. The van der Waals surface area contributed by atoms with E-state index >= 15 is 0 Å². The second kappa shape index (κ2) is 7.89. The van der Waals surface area contributed by atoms with Crippen LogP contribution in [0.1, 0.15) is 16.7 Å². The van der Waals surface area contributed by atoms with Crippen LogP contribution in [0.4, 0.5) is 5.69 Å². The van der Waals surface area contributed by atoms with Crippen LogP contribution in [0, 0.1) is 0 Å². The zero-order chi connectivity index (χ0) is 20.3. The van der Waals surface area contributed by atoms with Crippen molar-refractivity contribution in [2.45, 2.75) is 11.3 Å². The van der Waals surface area contributed by atoms with E-state index in [0.717, 1.165) is 11.1 Å². The second-order valence-corrected chi connectivity index (χ2v) is 8.29. The molecule has 4 rings (SSSR count). The van der Waals surface area contributed by atoms with Gasteiger partial charge in [-0.1, -0.05) is 60.7 Å². The fraction of sp³-hybridized carbons (Fsp3) is 0.0909. The third kappa shape index (κ3) is 4.20. The Hall–Kier alpha value is -3.45. The topological polar surface area (TPSA) is 87.6 Å². The van der Waals surface area contributed by atoms with Crippen LogP contribution in [0.15, 0.2) is 88.8 Å². The number of amides is 1. The lowest BCUT2D eigenvalue weighted by Gasteiger charge is -2.10. The molecule has 0 aliphatic carbocycles. The molecule has 0 atom stereocenters. The van der Waals surface area contributed by atoms with Gasteiger partial charge >= 0.3 is 0 Å². The number of rotatable bonds is 5. The molecule has 3 aromatic carbocycles. The maximum absolute atomic E-state index is 12.5. The largest absolute Gasteiger partial charge is 0.324 e. The standard InChI is InChI=1S/C22H19N3O3S/c26-21(15-23-22-18-11-5-7-13-20(18)29(27,28)25-22)24-19-12-6-4-10-17(19)14-16-8-2-1-3-9-16/h1-13H,14-15H2,(H,23,25)(H,24,26). The van der Waals surface area contributed by atoms with Gasteiger partial charge in [-0.3, -0.25) is 14.5 Å². The van der Waals surface area contributed by atoms with E-state index in [1.807, 2.05) is 54.6 Å². The molecule has 29 heavy (non-hydrogen) atoms. The van der Waals surface area contributed by atoms with Crippen LogP contribution in [-0.4, -0.2) is 26.7 Å². The second-order valence-electron chi connectivity index (χ2n) is 6.63. The Labute approximate surface area is 169 Å². The summed E-state index contributed by atoms with van der Waals surface area (Å²) in [6, 6.07) is 24.2. The first-order valence-electron chi connectivity index (χ1n) is 9.11. The van der Waals surface area contributed by atoms with Crippen molar-refractivity contribution in [2.75, 3.05) is 11.9 Å². The Morgan fingerprint density at radius 1 is 0.897 bits per heavy atom. The molecule has 1 aliphatic heterocycles. The van der Waals surface area contributed by atoms with Gasteiger partial charge in [0.15, 0.2) is 0 Å². The van der Waals surface area contributed by atoms with Crippen molar-refractivity contribution in [2.24, 2.45) is 4.99 Å². The molecule has 1 aliphatic rings. The quantitative estimate of drug-likeness (QED) is 0.684. The molecular weight excluding hydrogens is 386 g/mol. The fourth-order valence-corrected chi connectivity index (χ4v) is 4.46. The number of carbonyl (C=O) groups excluding carboxylic acids is 1. The summed E-state index contributed by atoms with van der Waals surface area (Å²) in [6.45, 7) is -0.189. The molecular formula is C22H19N3O3S. The van der Waals surface area contributed by atoms with Crippen LogP contribution >= 0.6 is 0 Å². The van der Waals surface area contributed by atoms with Crippen molar-refractivity contribution in [3.8, 4) is 0 Å². The maximum Gasteiger partial charge on any atom is 0.263 e. The average molecular weight is 405 g/mol. The predicted octanol–water partition coefficient (Wildman–Crippen LogP) is 2.95. The van der Waals surface area contributed by atoms with Crippen molar-refractivity contribution in [1.29, 1.82) is 0 Å². The van der Waals surface area contributed by atoms with Crippen molar-refractivity contribution in [3.05, 3.63) is 95.6 Å². The number of hydrogen-bond acceptors (Lipinski definition) is 4. The Kier molecular flexibility index (Phi) is 5.14. The minimum atomic E-state index is -3.62. The Morgan fingerprint density at radius 2 is 1.59 bits per heavy atom. The number of sulfonamides is 1. The van der Waals surface area contributed by atoms with Gasteiger partial charge < -0.3 is 5.32 Å². The summed E-state index contributed by atoms with van der Waals surface area (Å²) < 4.78 is 26.7. The normalized spacial score (nSPS) is 15.5. The van der Waals surface area contributed by atoms with Gasteiger partial charge in [0.25, 0.3) is 10.0 Å². The molecule has 0 bridgehead atoms. The third-order valence-corrected chi connectivity index (χ3v) is 5.97. The first-order valence-corrected chi connectivity index (χ1v) is 10.6.